The highest BCUT2D eigenvalue weighted by Crippen LogP contribution is 2.41. The van der Waals surface area contributed by atoms with Gasteiger partial charge in [0.25, 0.3) is 0 Å². The maximum atomic E-state index is 13.5. The molecular formula is C22H32N2O4. The van der Waals surface area contributed by atoms with Gasteiger partial charge in [-0.25, -0.2) is 0 Å². The number of rotatable bonds is 6. The van der Waals surface area contributed by atoms with Gasteiger partial charge in [-0.3, -0.25) is 9.59 Å². The first-order valence-electron chi connectivity index (χ1n) is 10.2. The highest BCUT2D eigenvalue weighted by molar-refractivity contribution is 5.85. The Hall–Kier alpha value is -1.92. The number of nitrogens with zero attached hydrogens (tertiary/aromatic N) is 2. The summed E-state index contributed by atoms with van der Waals surface area (Å²) in [7, 11) is 1.61. The molecule has 2 amide bonds. The van der Waals surface area contributed by atoms with Crippen molar-refractivity contribution in [1.82, 2.24) is 9.80 Å². The molecule has 0 atom stereocenters. The van der Waals surface area contributed by atoms with Crippen molar-refractivity contribution in [3.63, 3.8) is 0 Å². The maximum Gasteiger partial charge on any atom is 0.248 e. The molecule has 0 aromatic heterocycles. The number of piperidine rings is 1. The van der Waals surface area contributed by atoms with Crippen molar-refractivity contribution < 1.29 is 19.1 Å². The van der Waals surface area contributed by atoms with Gasteiger partial charge in [0, 0.05) is 32.8 Å². The molecule has 0 bridgehead atoms. The summed E-state index contributed by atoms with van der Waals surface area (Å²) in [5.41, 5.74) is 2.10. The first-order chi connectivity index (χ1) is 13.5. The van der Waals surface area contributed by atoms with Crippen molar-refractivity contribution in [2.75, 3.05) is 40.0 Å². The summed E-state index contributed by atoms with van der Waals surface area (Å²) in [5, 5.41) is 0. The number of fused-ring (bicyclic) bond motifs is 1. The summed E-state index contributed by atoms with van der Waals surface area (Å²) in [6.07, 6.45) is 2.16. The van der Waals surface area contributed by atoms with E-state index in [0.717, 1.165) is 6.42 Å². The molecule has 6 heteroatoms. The van der Waals surface area contributed by atoms with Crippen molar-refractivity contribution >= 4 is 11.8 Å². The van der Waals surface area contributed by atoms with E-state index < -0.39 is 5.41 Å². The molecule has 2 aliphatic rings. The van der Waals surface area contributed by atoms with E-state index in [-0.39, 0.29) is 24.5 Å². The lowest BCUT2D eigenvalue weighted by Gasteiger charge is -2.43. The molecule has 0 aliphatic carbocycles. The van der Waals surface area contributed by atoms with Crippen LogP contribution in [0.4, 0.5) is 0 Å². The quantitative estimate of drug-likeness (QED) is 0.702. The van der Waals surface area contributed by atoms with Crippen LogP contribution in [0, 0.1) is 5.41 Å². The minimum atomic E-state index is -0.412. The lowest BCUT2D eigenvalue weighted by molar-refractivity contribution is -0.151. The van der Waals surface area contributed by atoms with E-state index in [1.165, 1.54) is 11.1 Å². The number of benzene rings is 1. The molecule has 1 saturated heterocycles. The fourth-order valence-electron chi connectivity index (χ4n) is 4.27. The van der Waals surface area contributed by atoms with Crippen molar-refractivity contribution in [1.29, 1.82) is 0 Å². The van der Waals surface area contributed by atoms with Crippen LogP contribution in [0.1, 0.15) is 37.8 Å². The van der Waals surface area contributed by atoms with Crippen molar-refractivity contribution in [2.24, 2.45) is 5.41 Å². The van der Waals surface area contributed by atoms with Crippen LogP contribution in [0.15, 0.2) is 24.3 Å². The Morgan fingerprint density at radius 1 is 1.14 bits per heavy atom. The minimum Gasteiger partial charge on any atom is -0.382 e. The van der Waals surface area contributed by atoms with Crippen LogP contribution >= 0.6 is 0 Å². The third kappa shape index (κ3) is 4.39. The molecule has 1 spiro atoms. The van der Waals surface area contributed by atoms with E-state index in [0.29, 0.717) is 45.7 Å². The van der Waals surface area contributed by atoms with E-state index in [9.17, 15) is 9.59 Å². The molecular weight excluding hydrogens is 356 g/mol. The first-order valence-corrected chi connectivity index (χ1v) is 10.2. The van der Waals surface area contributed by atoms with Gasteiger partial charge in [-0.05, 0) is 44.2 Å². The second-order valence-corrected chi connectivity index (χ2v) is 8.18. The number of hydrogen-bond donors (Lipinski definition) is 0. The lowest BCUT2D eigenvalue weighted by atomic mass is 9.72. The normalized spacial score (nSPS) is 19.1. The number of carbonyl (C=O) groups excluding carboxylic acids is 2. The largest absolute Gasteiger partial charge is 0.382 e. The van der Waals surface area contributed by atoms with Gasteiger partial charge in [0.1, 0.15) is 6.61 Å². The Balaban J connectivity index is 1.71. The molecule has 0 radical (unpaired) electrons. The average Bonchev–Trinajstić information content (AvgIpc) is 2.81. The number of carbonyl (C=O) groups is 2. The van der Waals surface area contributed by atoms with Gasteiger partial charge >= 0.3 is 0 Å². The van der Waals surface area contributed by atoms with Gasteiger partial charge in [-0.1, -0.05) is 24.3 Å². The fourth-order valence-corrected chi connectivity index (χ4v) is 4.27. The van der Waals surface area contributed by atoms with Crippen molar-refractivity contribution in [3.8, 4) is 0 Å². The predicted octanol–water partition coefficient (Wildman–Crippen LogP) is 2.25. The molecule has 6 nitrogen and oxygen atoms in total. The number of likely N-dealkylation sites (tertiary alicyclic amines) is 1. The summed E-state index contributed by atoms with van der Waals surface area (Å²) < 4.78 is 10.3. The smallest absolute Gasteiger partial charge is 0.248 e. The minimum absolute atomic E-state index is 0.00635. The Morgan fingerprint density at radius 3 is 2.46 bits per heavy atom. The van der Waals surface area contributed by atoms with Crippen LogP contribution < -0.4 is 0 Å². The molecule has 1 aromatic rings. The first kappa shape index (κ1) is 20.8. The zero-order chi connectivity index (χ0) is 20.1. The Morgan fingerprint density at radius 2 is 1.82 bits per heavy atom. The predicted molar refractivity (Wildman–Crippen MR) is 107 cm³/mol. The summed E-state index contributed by atoms with van der Waals surface area (Å²) in [5.74, 6) is 0.232. The highest BCUT2D eigenvalue weighted by atomic mass is 16.5. The number of methoxy groups -OCH3 is 1. The Bertz CT molecular complexity index is 696. The van der Waals surface area contributed by atoms with Gasteiger partial charge in [0.15, 0.2) is 0 Å². The molecule has 0 N–H and O–H groups in total. The Kier molecular flexibility index (Phi) is 6.73. The zero-order valence-electron chi connectivity index (χ0n) is 17.3. The van der Waals surface area contributed by atoms with Crippen LogP contribution in [-0.2, 0) is 32.0 Å². The molecule has 1 aromatic carbocycles. The molecule has 0 unspecified atom stereocenters. The SMILES string of the molecule is COCCOCC(=O)N1CCC2(CC1)Cc1ccccc1CN(C(C)C)C2=O. The average molecular weight is 389 g/mol. The topological polar surface area (TPSA) is 59.1 Å². The van der Waals surface area contributed by atoms with Gasteiger partial charge in [-0.2, -0.15) is 0 Å². The number of amides is 2. The zero-order valence-corrected chi connectivity index (χ0v) is 17.3. The maximum absolute atomic E-state index is 13.5. The summed E-state index contributed by atoms with van der Waals surface area (Å²) in [6, 6.07) is 8.54. The van der Waals surface area contributed by atoms with Crippen molar-refractivity contribution in [2.45, 2.75) is 45.7 Å². The van der Waals surface area contributed by atoms with Gasteiger partial charge in [-0.15, -0.1) is 0 Å². The van der Waals surface area contributed by atoms with E-state index in [1.54, 1.807) is 7.11 Å². The third-order valence-electron chi connectivity index (χ3n) is 6.06. The van der Waals surface area contributed by atoms with E-state index >= 15 is 0 Å². The Labute approximate surface area is 167 Å². The molecule has 154 valence electrons. The molecule has 2 heterocycles. The molecule has 0 saturated carbocycles. The fraction of sp³-hybridized carbons (Fsp3) is 0.636. The van der Waals surface area contributed by atoms with Crippen LogP contribution in [0.2, 0.25) is 0 Å². The van der Waals surface area contributed by atoms with Crippen molar-refractivity contribution in [3.05, 3.63) is 35.4 Å². The standard InChI is InChI=1S/C22H32N2O4/c1-17(2)24-15-19-7-5-4-6-18(19)14-22(21(24)26)8-10-23(11-9-22)20(25)16-28-13-12-27-3/h4-7,17H,8-16H2,1-3H3. The van der Waals surface area contributed by atoms with Crippen LogP contribution in [0.25, 0.3) is 0 Å². The summed E-state index contributed by atoms with van der Waals surface area (Å²) in [6.45, 7) is 7.01. The lowest BCUT2D eigenvalue weighted by Crippen LogP contribution is -2.53. The molecule has 28 heavy (non-hydrogen) atoms. The molecule has 3 rings (SSSR count). The third-order valence-corrected chi connectivity index (χ3v) is 6.06. The van der Waals surface area contributed by atoms with Crippen LogP contribution in [0.3, 0.4) is 0 Å². The summed E-state index contributed by atoms with van der Waals surface area (Å²) in [4.78, 5) is 29.8. The second kappa shape index (κ2) is 9.05. The van der Waals surface area contributed by atoms with Gasteiger partial charge < -0.3 is 19.3 Å². The second-order valence-electron chi connectivity index (χ2n) is 8.18. The highest BCUT2D eigenvalue weighted by Gasteiger charge is 2.46. The van der Waals surface area contributed by atoms with E-state index in [4.69, 9.17) is 9.47 Å². The number of ether oxygens (including phenoxy) is 2. The summed E-state index contributed by atoms with van der Waals surface area (Å²) >= 11 is 0. The van der Waals surface area contributed by atoms with Crippen LogP contribution in [0.5, 0.6) is 0 Å². The van der Waals surface area contributed by atoms with E-state index in [2.05, 4.69) is 32.0 Å². The van der Waals surface area contributed by atoms with Gasteiger partial charge in [0.05, 0.1) is 18.6 Å². The van der Waals surface area contributed by atoms with Crippen LogP contribution in [-0.4, -0.2) is 67.7 Å². The number of hydrogen-bond acceptors (Lipinski definition) is 4. The molecule has 1 fully saturated rings. The monoisotopic (exact) mass is 388 g/mol. The van der Waals surface area contributed by atoms with Gasteiger partial charge in [0.2, 0.25) is 11.8 Å². The van der Waals surface area contributed by atoms with E-state index in [1.807, 2.05) is 15.9 Å². The molecule has 2 aliphatic heterocycles.